The first-order valence-corrected chi connectivity index (χ1v) is 0.548. The molecule has 0 aromatic carbocycles. The van der Waals surface area contributed by atoms with Crippen LogP contribution in [-0.4, -0.2) is 32.5 Å². The quantitative estimate of drug-likeness (QED) is 0.245. The van der Waals surface area contributed by atoms with Crippen molar-refractivity contribution in [1.82, 2.24) is 0 Å². The van der Waals surface area contributed by atoms with Gasteiger partial charge in [0.05, 0.1) is 5.09 Å². The minimum Gasteiger partial charge on any atom is -0.412 e. The van der Waals surface area contributed by atoms with Crippen molar-refractivity contribution in [2.24, 2.45) is 0 Å². The van der Waals surface area contributed by atoms with Crippen LogP contribution in [0.1, 0.15) is 0 Å². The molecule has 0 saturated carbocycles. The van der Waals surface area contributed by atoms with Gasteiger partial charge in [-0.2, -0.15) is 0 Å². The van der Waals surface area contributed by atoms with Crippen molar-refractivity contribution in [2.75, 3.05) is 0 Å². The average Bonchev–Trinajstić information content (AvgIpc) is 0.811. The van der Waals surface area contributed by atoms with Gasteiger partial charge in [-0.25, -0.2) is 0 Å². The molecule has 0 aromatic rings. The van der Waals surface area contributed by atoms with Gasteiger partial charge in [0.1, 0.15) is 0 Å². The predicted octanol–water partition coefficient (Wildman–Crippen LogP) is -4.36. The van der Waals surface area contributed by atoms with Crippen molar-refractivity contribution in [3.8, 4) is 0 Å². The van der Waals surface area contributed by atoms with Crippen LogP contribution in [0.25, 0.3) is 0 Å². The van der Waals surface area contributed by atoms with Crippen molar-refractivity contribution >= 4 is 0 Å². The van der Waals surface area contributed by atoms with Crippen LogP contribution in [0.4, 0.5) is 0 Å². The maximum absolute atomic E-state index is 8.25. The Morgan fingerprint density at radius 1 is 0.800 bits per heavy atom. The molecule has 0 aromatic heterocycles. The molecule has 1 radical (unpaired) electrons. The Morgan fingerprint density at radius 2 is 0.800 bits per heavy atom. The molecule has 0 spiro atoms. The summed E-state index contributed by atoms with van der Waals surface area (Å²) in [6, 6.07) is 0. The summed E-state index contributed by atoms with van der Waals surface area (Å²) in [5.41, 5.74) is 0. The zero-order valence-electron chi connectivity index (χ0n) is 4.47. The molecule has 0 amide bonds. The van der Waals surface area contributed by atoms with Crippen LogP contribution >= 0.6 is 0 Å². The van der Waals surface area contributed by atoms with Gasteiger partial charge in [0.25, 0.3) is 0 Å². The van der Waals surface area contributed by atoms with E-state index in [1.165, 1.54) is 0 Å². The largest absolute Gasteiger partial charge is 0.412 e. The molecule has 0 fully saturated rings. The molecular weight excluding hydrogens is 307 g/mol. The van der Waals surface area contributed by atoms with Gasteiger partial charge in [0, 0.05) is 37.7 Å². The molecule has 10 heteroatoms. The maximum Gasteiger partial charge on any atom is 0.0689 e. The van der Waals surface area contributed by atoms with Crippen LogP contribution in [0.5, 0.6) is 0 Å². The molecule has 10 heavy (non-hydrogen) atoms. The second kappa shape index (κ2) is 59.5. The van der Waals surface area contributed by atoms with E-state index >= 15 is 0 Å². The minimum atomic E-state index is -1.75. The molecular formula is H10HoNO8-. The first-order valence-electron chi connectivity index (χ1n) is 0.548. The Balaban J connectivity index is -0.00000000300. The first-order chi connectivity index (χ1) is 1.73. The fourth-order valence-electron chi connectivity index (χ4n) is 0. The summed E-state index contributed by atoms with van der Waals surface area (Å²) in [6.45, 7) is 0. The molecule has 0 unspecified atom stereocenters. The van der Waals surface area contributed by atoms with Crippen molar-refractivity contribution in [1.29, 1.82) is 0 Å². The van der Waals surface area contributed by atoms with E-state index in [1.807, 2.05) is 0 Å². The van der Waals surface area contributed by atoms with Crippen LogP contribution in [0.2, 0.25) is 0 Å². The topological polar surface area (TPSA) is 224 Å². The summed E-state index contributed by atoms with van der Waals surface area (Å²) in [7, 11) is 0. The Bertz CT molecular complexity index is 32.2. The molecule has 0 saturated heterocycles. The maximum atomic E-state index is 8.25. The molecule has 0 heterocycles. The van der Waals surface area contributed by atoms with Gasteiger partial charge in [0.15, 0.2) is 0 Å². The number of hydrogen-bond donors (Lipinski definition) is 0. The van der Waals surface area contributed by atoms with Crippen LogP contribution in [0.15, 0.2) is 0 Å². The Morgan fingerprint density at radius 3 is 0.800 bits per heavy atom. The van der Waals surface area contributed by atoms with Gasteiger partial charge in [-0.1, -0.05) is 0 Å². The normalized spacial score (nSPS) is 2.40. The van der Waals surface area contributed by atoms with Gasteiger partial charge < -0.3 is 42.7 Å². The Kier molecular flexibility index (Phi) is 492. The van der Waals surface area contributed by atoms with Gasteiger partial charge in [-0.3, -0.25) is 0 Å². The van der Waals surface area contributed by atoms with Gasteiger partial charge in [-0.05, 0) is 0 Å². The van der Waals surface area contributed by atoms with Crippen LogP contribution in [0.3, 0.4) is 0 Å². The standard InChI is InChI=1S/Ho.NO3.5H2O/c;2-1(3)4;;;;;/h;;5*1H2/q;-1;;;;;. The summed E-state index contributed by atoms with van der Waals surface area (Å²) in [5.74, 6) is 0. The Labute approximate surface area is 85.3 Å². The molecule has 0 aliphatic carbocycles. The second-order valence-corrected chi connectivity index (χ2v) is 0.224. The third kappa shape index (κ3) is 6450. The third-order valence-corrected chi connectivity index (χ3v) is 0. The van der Waals surface area contributed by atoms with E-state index in [1.54, 1.807) is 0 Å². The molecule has 0 rings (SSSR count). The van der Waals surface area contributed by atoms with Crippen LogP contribution in [-0.2, 0) is 0 Å². The van der Waals surface area contributed by atoms with E-state index in [-0.39, 0.29) is 65.1 Å². The fraction of sp³-hybridized carbons (Fsp3) is 0. The van der Waals surface area contributed by atoms with E-state index in [9.17, 15) is 0 Å². The van der Waals surface area contributed by atoms with E-state index in [0.717, 1.165) is 0 Å². The van der Waals surface area contributed by atoms with E-state index in [0.29, 0.717) is 0 Å². The summed E-state index contributed by atoms with van der Waals surface area (Å²) >= 11 is 0. The predicted molar refractivity (Wildman–Crippen MR) is 28.4 cm³/mol. The first kappa shape index (κ1) is 82.8. The van der Waals surface area contributed by atoms with Crippen molar-refractivity contribution in [2.45, 2.75) is 0 Å². The SMILES string of the molecule is O.O.O.O.O.O=[N+]([O-])[O-].[Ho]. The number of rotatable bonds is 0. The van der Waals surface area contributed by atoms with Gasteiger partial charge in [-0.15, -0.1) is 0 Å². The molecule has 9 nitrogen and oxygen atoms in total. The summed E-state index contributed by atoms with van der Waals surface area (Å²) in [6.07, 6.45) is 0. The van der Waals surface area contributed by atoms with E-state index < -0.39 is 5.09 Å². The van der Waals surface area contributed by atoms with E-state index in [4.69, 9.17) is 15.3 Å². The van der Waals surface area contributed by atoms with Crippen molar-refractivity contribution in [3.63, 3.8) is 0 Å². The number of nitrogens with zero attached hydrogens (tertiary/aromatic N) is 1. The zero-order valence-corrected chi connectivity index (χ0v) is 6.41. The summed E-state index contributed by atoms with van der Waals surface area (Å²) in [5, 5.41) is 14.8. The van der Waals surface area contributed by atoms with Gasteiger partial charge >= 0.3 is 0 Å². The van der Waals surface area contributed by atoms with E-state index in [2.05, 4.69) is 0 Å². The summed E-state index contributed by atoms with van der Waals surface area (Å²) in [4.78, 5) is 8.25. The molecule has 0 atom stereocenters. The second-order valence-electron chi connectivity index (χ2n) is 0.224. The van der Waals surface area contributed by atoms with Crippen LogP contribution < -0.4 is 0 Å². The molecule has 0 aliphatic heterocycles. The van der Waals surface area contributed by atoms with Crippen LogP contribution in [0, 0.1) is 53.1 Å². The van der Waals surface area contributed by atoms with Crippen molar-refractivity contribution < 1.29 is 70.2 Å². The zero-order chi connectivity index (χ0) is 3.58. The van der Waals surface area contributed by atoms with Gasteiger partial charge in [0.2, 0.25) is 0 Å². The molecule has 10 N–H and O–H groups in total. The monoisotopic (exact) mass is 317 g/mol. The van der Waals surface area contributed by atoms with Crippen molar-refractivity contribution in [3.05, 3.63) is 15.3 Å². The molecule has 0 bridgehead atoms. The molecule has 75 valence electrons. The Hall–Kier alpha value is 0.260. The minimum absolute atomic E-state index is 0. The third-order valence-electron chi connectivity index (χ3n) is 0. The summed E-state index contributed by atoms with van der Waals surface area (Å²) < 4.78 is 0. The average molecular weight is 317 g/mol. The fourth-order valence-corrected chi connectivity index (χ4v) is 0. The smallest absolute Gasteiger partial charge is 0.0689 e. The molecule has 0 aliphatic rings. The number of hydrogen-bond acceptors (Lipinski definition) is 3.